The zero-order valence-electron chi connectivity index (χ0n) is 101. The van der Waals surface area contributed by atoms with E-state index >= 15 is 0 Å². The molecule has 0 aliphatic carbocycles. The number of rotatable bonds is 28. The van der Waals surface area contributed by atoms with E-state index < -0.39 is 6.10 Å². The maximum atomic E-state index is 11.9. The van der Waals surface area contributed by atoms with Gasteiger partial charge in [-0.25, -0.2) is 0 Å². The highest BCUT2D eigenvalue weighted by molar-refractivity contribution is 5.78. The fourth-order valence-corrected chi connectivity index (χ4v) is 21.3. The molecule has 150 heavy (non-hydrogen) atoms. The molecule has 11 aliphatic heterocycles. The van der Waals surface area contributed by atoms with Crippen LogP contribution in [0.2, 0.25) is 0 Å². The number of amides is 1. The number of piperidine rings is 6. The maximum Gasteiger partial charge on any atom is 0.319 e. The van der Waals surface area contributed by atoms with E-state index in [1.54, 1.807) is 12.1 Å². The minimum atomic E-state index is -0.414. The molecule has 33 nitrogen and oxygen atoms in total. The van der Waals surface area contributed by atoms with Gasteiger partial charge in [-0.2, -0.15) is 0 Å². The van der Waals surface area contributed by atoms with Gasteiger partial charge in [0.15, 0.2) is 0 Å². The molecule has 0 saturated carbocycles. The number of nitrogens with zero attached hydrogens (tertiary/aromatic N) is 16. The molecule has 11 saturated heterocycles. The van der Waals surface area contributed by atoms with Crippen LogP contribution in [-0.2, 0) is 68.5 Å². The van der Waals surface area contributed by atoms with Gasteiger partial charge in [0, 0.05) is 273 Å². The van der Waals surface area contributed by atoms with E-state index in [1.165, 1.54) is 119 Å². The molecule has 0 aromatic heterocycles. The van der Waals surface area contributed by atoms with Crippen LogP contribution >= 0.6 is 0 Å². The van der Waals surface area contributed by atoms with Crippen molar-refractivity contribution in [3.05, 3.63) is 29.8 Å². The van der Waals surface area contributed by atoms with Gasteiger partial charge in [0.1, 0.15) is 5.75 Å². The Morgan fingerprint density at radius 3 is 1.00 bits per heavy atom. The van der Waals surface area contributed by atoms with Crippen LogP contribution < -0.4 is 10.6 Å². The molecule has 1 aromatic carbocycles. The number of carbonyl (C=O) groups excluding carboxylic acids is 7. The summed E-state index contributed by atoms with van der Waals surface area (Å²) in [4.78, 5) is 120. The lowest BCUT2D eigenvalue weighted by molar-refractivity contribution is -0.154. The molecular weight excluding hydrogens is 1900 g/mol. The van der Waals surface area contributed by atoms with Crippen LogP contribution in [0.4, 0.5) is 0 Å². The number of benzene rings is 1. The molecule has 1 unspecified atom stereocenters. The number of esters is 6. The standard InChI is InChI=1S/2C18H35N3O2.C17H33N3O2.C14H26N2O2.C13H26N2O2.C13H21NO.2C12H24N2O2/c1-17(2,3)21-14-12-20(13-15-21)11-10-19-8-6-18(4,7-9-19)16(22)23-5;1-5-23-17(22)16-6-8-19(9-7-16)10-11-20-12-14-21(15-13-20)18(2,3)4;1-17(2,3)20-13-11-19(12-14-20)10-9-18-7-5-15(6-8-18)16(21)22-4;1-14(2,3)15-7-4-11(5-8-15)16-9-6-12(17)10-13(16)18;1-5-17-12(16)6-7-14-8-10-15(11-9-14)13(2,3)4;1-13(2,3)8-9-14-10-11-4-6-12(15)7-5-11;1-12(2,3)14-7-5-10(6-8-14)13-9-11(15)16-4;1-12(2,3)14-9-7-13(8-10-14)6-5-11(15)16-4/h6-15H2,1-5H3;16H,5-15H2,1-4H3;15H,5-14H2,1-4H3;11-12,17H,4-10H2,1-3H3;5-11H2,1-4H3;4-7,14-15H,8-10H2,1-3H3;10,13H,5-9H2,1-4H3;5-10H2,1-4H3. The van der Waals surface area contributed by atoms with E-state index in [-0.39, 0.29) is 86.7 Å². The van der Waals surface area contributed by atoms with Crippen molar-refractivity contribution in [2.24, 2.45) is 22.7 Å². The van der Waals surface area contributed by atoms with E-state index in [0.717, 1.165) is 260 Å². The third-order valence-corrected chi connectivity index (χ3v) is 32.4. The molecule has 1 aromatic rings. The molecule has 12 rings (SSSR count). The quantitative estimate of drug-likeness (QED) is 0.0344. The first-order valence-electron chi connectivity index (χ1n) is 58.0. The summed E-state index contributed by atoms with van der Waals surface area (Å²) in [7, 11) is 5.86. The molecule has 0 spiro atoms. The molecule has 11 fully saturated rings. The normalized spacial score (nSPS) is 21.8. The van der Waals surface area contributed by atoms with Crippen molar-refractivity contribution >= 4 is 41.7 Å². The number of hydrogen-bond acceptors (Lipinski definition) is 32. The Bertz CT molecular complexity index is 3820. The Kier molecular flexibility index (Phi) is 59.8. The van der Waals surface area contributed by atoms with Crippen molar-refractivity contribution in [3.8, 4) is 5.75 Å². The molecule has 1 atom stereocenters. The van der Waals surface area contributed by atoms with Gasteiger partial charge in [-0.05, 0) is 312 Å². The molecule has 1 amide bonds. The number of ether oxygens (including phenoxy) is 6. The average molecular weight is 2120 g/mol. The minimum absolute atomic E-state index is 0.00505. The predicted molar refractivity (Wildman–Crippen MR) is 609 cm³/mol. The van der Waals surface area contributed by atoms with E-state index in [0.29, 0.717) is 73.3 Å². The molecule has 4 N–H and O–H groups in total. The number of hydrogen-bond donors (Lipinski definition) is 4. The Morgan fingerprint density at radius 1 is 0.360 bits per heavy atom. The van der Waals surface area contributed by atoms with Crippen LogP contribution in [0.3, 0.4) is 0 Å². The summed E-state index contributed by atoms with van der Waals surface area (Å²) < 4.78 is 29.1. The fraction of sp³-hybridized carbons (Fsp3) is 0.889. The lowest BCUT2D eigenvalue weighted by Gasteiger charge is -2.45. The van der Waals surface area contributed by atoms with E-state index in [2.05, 4.69) is 260 Å². The molecular formula is C117H224N18O15. The second-order valence-corrected chi connectivity index (χ2v) is 51.9. The molecule has 33 heteroatoms. The zero-order valence-corrected chi connectivity index (χ0v) is 101. The number of carbonyl (C=O) groups is 7. The summed E-state index contributed by atoms with van der Waals surface area (Å²) in [6.07, 6.45) is 12.8. The summed E-state index contributed by atoms with van der Waals surface area (Å²) in [5.74, 6) is 0.274. The topological polar surface area (TPSA) is 291 Å². The minimum Gasteiger partial charge on any atom is -0.508 e. The van der Waals surface area contributed by atoms with Crippen molar-refractivity contribution in [1.29, 1.82) is 0 Å². The second kappa shape index (κ2) is 66.5. The van der Waals surface area contributed by atoms with Crippen molar-refractivity contribution < 1.29 is 72.2 Å². The largest absolute Gasteiger partial charge is 0.508 e. The van der Waals surface area contributed by atoms with Gasteiger partial charge in [0.2, 0.25) is 5.91 Å². The van der Waals surface area contributed by atoms with Gasteiger partial charge in [-0.3, -0.25) is 82.6 Å². The first-order valence-corrected chi connectivity index (χ1v) is 58.0. The molecule has 11 heterocycles. The molecule has 11 aliphatic rings. The van der Waals surface area contributed by atoms with Crippen LogP contribution in [0, 0.1) is 22.7 Å². The Morgan fingerprint density at radius 2 is 0.680 bits per heavy atom. The lowest BCUT2D eigenvalue weighted by atomic mass is 9.80. The average Bonchev–Trinajstić information content (AvgIpc) is 0.834. The number of phenols is 1. The van der Waals surface area contributed by atoms with E-state index in [1.807, 2.05) is 37.8 Å². The first kappa shape index (κ1) is 135. The van der Waals surface area contributed by atoms with Crippen molar-refractivity contribution in [1.82, 2.24) is 89.0 Å². The van der Waals surface area contributed by atoms with Crippen LogP contribution in [-0.4, -0.2) is 497 Å². The van der Waals surface area contributed by atoms with Gasteiger partial charge in [0.05, 0.1) is 90.8 Å². The van der Waals surface area contributed by atoms with Crippen molar-refractivity contribution in [2.75, 3.05) is 310 Å². The summed E-state index contributed by atoms with van der Waals surface area (Å²) in [6.45, 7) is 106. The summed E-state index contributed by atoms with van der Waals surface area (Å²) in [5, 5.41) is 25.2. The van der Waals surface area contributed by atoms with Crippen LogP contribution in [0.5, 0.6) is 5.75 Å². The highest BCUT2D eigenvalue weighted by atomic mass is 16.5. The third-order valence-electron chi connectivity index (χ3n) is 32.4. The van der Waals surface area contributed by atoms with Gasteiger partial charge < -0.3 is 78.7 Å². The zero-order chi connectivity index (χ0) is 112. The summed E-state index contributed by atoms with van der Waals surface area (Å²) in [5.41, 5.74) is 3.20. The number of methoxy groups -OCH3 is 4. The fourth-order valence-electron chi connectivity index (χ4n) is 21.3. The van der Waals surface area contributed by atoms with Crippen molar-refractivity contribution in [2.45, 2.75) is 347 Å². The van der Waals surface area contributed by atoms with Gasteiger partial charge in [-0.15, -0.1) is 0 Å². The number of piperazine rings is 5. The van der Waals surface area contributed by atoms with Crippen LogP contribution in [0.15, 0.2) is 24.3 Å². The lowest BCUT2D eigenvalue weighted by Crippen LogP contribution is -2.54. The number of aliphatic hydroxyl groups is 1. The molecule has 872 valence electrons. The SMILES string of the molecule is CC(C)(C)CCNCc1ccc(O)cc1.CC(C)(C)N1CCC(N2CCC(O)CC2=O)CC1.CCOC(=O)C1CCN(CCN2CCN(C(C)(C)C)CC2)CC1.CCOC(=O)CCN1CCN(C(C)(C)C)CC1.COC(=O)C1(C)CCN(CCN2CCN(C(C)(C)C)CC2)CC1.COC(=O)C1CCN(CCN2CCN(C(C)(C)C)CC2)CC1.COC(=O)CCN1CCN(C(C)(C)C)CC1.COC(=O)CNC1CCN(C(C)(C)C)CC1. The Labute approximate surface area is 913 Å². The highest BCUT2D eigenvalue weighted by Crippen LogP contribution is 2.34. The van der Waals surface area contributed by atoms with Crippen LogP contribution in [0.25, 0.3) is 0 Å². The number of phenolic OH excluding ortho intramolecular Hbond substituents is 1. The number of aromatic hydroxyl groups is 1. The Hall–Kier alpha value is -5.41. The smallest absolute Gasteiger partial charge is 0.319 e. The number of aliphatic hydroxyl groups excluding tert-OH is 1. The van der Waals surface area contributed by atoms with Gasteiger partial charge in [0.25, 0.3) is 0 Å². The maximum absolute atomic E-state index is 11.9. The highest BCUT2D eigenvalue weighted by Gasteiger charge is 2.41. The Balaban J connectivity index is 0.000000303. The molecule has 0 radical (unpaired) electrons. The van der Waals surface area contributed by atoms with E-state index in [9.17, 15) is 38.7 Å². The molecule has 0 bridgehead atoms. The number of likely N-dealkylation sites (tertiary alicyclic amines) is 6. The number of nitrogens with one attached hydrogen (secondary N) is 2. The van der Waals surface area contributed by atoms with E-state index in [4.69, 9.17) is 24.1 Å². The van der Waals surface area contributed by atoms with Gasteiger partial charge >= 0.3 is 35.8 Å². The van der Waals surface area contributed by atoms with Gasteiger partial charge in [-0.1, -0.05) is 32.9 Å². The predicted octanol–water partition coefficient (Wildman–Crippen LogP) is 12.1. The third kappa shape index (κ3) is 53.3. The first-order chi connectivity index (χ1) is 70.2. The summed E-state index contributed by atoms with van der Waals surface area (Å²) in [6, 6.07) is 8.18. The monoisotopic (exact) mass is 2120 g/mol. The summed E-state index contributed by atoms with van der Waals surface area (Å²) >= 11 is 0. The second-order valence-electron chi connectivity index (χ2n) is 51.9. The van der Waals surface area contributed by atoms with Crippen LogP contribution in [0.1, 0.15) is 289 Å². The van der Waals surface area contributed by atoms with Crippen molar-refractivity contribution in [3.63, 3.8) is 0 Å².